The van der Waals surface area contributed by atoms with Gasteiger partial charge in [0.15, 0.2) is 0 Å². The van der Waals surface area contributed by atoms with Crippen molar-refractivity contribution >= 4 is 17.3 Å². The third-order valence-corrected chi connectivity index (χ3v) is 5.43. The summed E-state index contributed by atoms with van der Waals surface area (Å²) in [6, 6.07) is 19.1. The van der Waals surface area contributed by atoms with Crippen molar-refractivity contribution in [2.75, 3.05) is 6.54 Å². The first-order valence-electron chi connectivity index (χ1n) is 9.00. The number of nitro benzene ring substituents is 1. The van der Waals surface area contributed by atoms with Crippen molar-refractivity contribution in [3.63, 3.8) is 0 Å². The van der Waals surface area contributed by atoms with E-state index in [4.69, 9.17) is 11.6 Å². The van der Waals surface area contributed by atoms with Crippen LogP contribution >= 0.6 is 11.6 Å². The topological polar surface area (TPSA) is 51.3 Å². The van der Waals surface area contributed by atoms with E-state index in [1.54, 1.807) is 12.1 Å². The first-order valence-corrected chi connectivity index (χ1v) is 9.38. The lowest BCUT2D eigenvalue weighted by Gasteiger charge is -2.31. The van der Waals surface area contributed by atoms with Crippen molar-refractivity contribution in [1.82, 2.24) is 9.47 Å². The molecule has 0 saturated carbocycles. The summed E-state index contributed by atoms with van der Waals surface area (Å²) in [5, 5.41) is 11.7. The van der Waals surface area contributed by atoms with E-state index in [1.165, 1.54) is 5.69 Å². The van der Waals surface area contributed by atoms with E-state index in [0.29, 0.717) is 6.54 Å². The van der Waals surface area contributed by atoms with Crippen LogP contribution in [-0.4, -0.2) is 20.9 Å². The fraction of sp³-hybridized carbons (Fsp3) is 0.238. The molecule has 2 heterocycles. The quantitative estimate of drug-likeness (QED) is 0.469. The van der Waals surface area contributed by atoms with Gasteiger partial charge in [-0.1, -0.05) is 41.9 Å². The smallest absolute Gasteiger partial charge is 0.269 e. The highest BCUT2D eigenvalue weighted by Crippen LogP contribution is 2.36. The van der Waals surface area contributed by atoms with Crippen molar-refractivity contribution in [2.45, 2.75) is 25.6 Å². The Kier molecular flexibility index (Phi) is 4.97. The second-order valence-corrected chi connectivity index (χ2v) is 7.21. The zero-order valence-corrected chi connectivity index (χ0v) is 15.5. The summed E-state index contributed by atoms with van der Waals surface area (Å²) in [5.74, 6) is 0. The first-order chi connectivity index (χ1) is 13.1. The third-order valence-electron chi connectivity index (χ3n) is 5.09. The third kappa shape index (κ3) is 3.61. The van der Waals surface area contributed by atoms with Gasteiger partial charge in [0, 0.05) is 48.7 Å². The lowest BCUT2D eigenvalue weighted by Crippen LogP contribution is -2.29. The highest BCUT2D eigenvalue weighted by Gasteiger charge is 2.28. The summed E-state index contributed by atoms with van der Waals surface area (Å²) in [4.78, 5) is 12.9. The van der Waals surface area contributed by atoms with Crippen molar-refractivity contribution in [3.05, 3.63) is 98.8 Å². The van der Waals surface area contributed by atoms with Gasteiger partial charge in [0.05, 0.1) is 11.0 Å². The number of nitro groups is 1. The van der Waals surface area contributed by atoms with Crippen molar-refractivity contribution in [1.29, 1.82) is 0 Å². The molecule has 0 aliphatic carbocycles. The maximum absolute atomic E-state index is 10.9. The average Bonchev–Trinajstić information content (AvgIpc) is 3.05. The highest BCUT2D eigenvalue weighted by molar-refractivity contribution is 6.31. The largest absolute Gasteiger partial charge is 0.350 e. The minimum absolute atomic E-state index is 0.0476. The SMILES string of the molecule is O=[N+]([O-])c1ccc(CN2CCCn3cccc3C2c2ccccc2Cl)cc1. The normalized spacial score (nSPS) is 17.3. The second-order valence-electron chi connectivity index (χ2n) is 6.80. The van der Waals surface area contributed by atoms with Crippen LogP contribution in [0.2, 0.25) is 5.02 Å². The van der Waals surface area contributed by atoms with Crippen LogP contribution in [0.1, 0.15) is 29.3 Å². The molecular weight excluding hydrogens is 362 g/mol. The Hall–Kier alpha value is -2.63. The van der Waals surface area contributed by atoms with E-state index in [1.807, 2.05) is 30.3 Å². The predicted molar refractivity (Wildman–Crippen MR) is 106 cm³/mol. The molecule has 1 atom stereocenters. The lowest BCUT2D eigenvalue weighted by molar-refractivity contribution is -0.384. The molecule has 6 heteroatoms. The van der Waals surface area contributed by atoms with Gasteiger partial charge in [-0.2, -0.15) is 0 Å². The molecule has 0 saturated heterocycles. The molecule has 1 aromatic heterocycles. The van der Waals surface area contributed by atoms with Crippen LogP contribution in [0.4, 0.5) is 5.69 Å². The molecule has 138 valence electrons. The monoisotopic (exact) mass is 381 g/mol. The highest BCUT2D eigenvalue weighted by atomic mass is 35.5. The number of rotatable bonds is 4. The zero-order chi connectivity index (χ0) is 18.8. The number of fused-ring (bicyclic) bond motifs is 1. The summed E-state index contributed by atoms with van der Waals surface area (Å²) < 4.78 is 2.30. The molecule has 5 nitrogen and oxygen atoms in total. The maximum Gasteiger partial charge on any atom is 0.269 e. The molecule has 0 spiro atoms. The number of aryl methyl sites for hydroxylation is 1. The number of hydrogen-bond donors (Lipinski definition) is 0. The van der Waals surface area contributed by atoms with Crippen LogP contribution in [0.25, 0.3) is 0 Å². The molecule has 3 aromatic rings. The summed E-state index contributed by atoms with van der Waals surface area (Å²) in [7, 11) is 0. The Labute approximate surface area is 162 Å². The molecule has 1 unspecified atom stereocenters. The van der Waals surface area contributed by atoms with Crippen LogP contribution < -0.4 is 0 Å². The number of halogens is 1. The predicted octanol–water partition coefficient (Wildman–Crippen LogP) is 5.05. The van der Waals surface area contributed by atoms with Crippen molar-refractivity contribution < 1.29 is 4.92 Å². The van der Waals surface area contributed by atoms with Gasteiger partial charge in [0.2, 0.25) is 0 Å². The molecule has 0 N–H and O–H groups in total. The number of aromatic nitrogens is 1. The fourth-order valence-corrected chi connectivity index (χ4v) is 4.06. The molecule has 1 aliphatic rings. The minimum atomic E-state index is -0.366. The second kappa shape index (κ2) is 7.55. The number of non-ortho nitro benzene ring substituents is 1. The Morgan fingerprint density at radius 1 is 1.04 bits per heavy atom. The summed E-state index contributed by atoms with van der Waals surface area (Å²) in [5.41, 5.74) is 3.48. The van der Waals surface area contributed by atoms with Gasteiger partial charge in [-0.3, -0.25) is 15.0 Å². The average molecular weight is 382 g/mol. The Morgan fingerprint density at radius 2 is 1.81 bits per heavy atom. The van der Waals surface area contributed by atoms with Gasteiger partial charge < -0.3 is 4.57 Å². The van der Waals surface area contributed by atoms with Crippen LogP contribution in [-0.2, 0) is 13.1 Å². The van der Waals surface area contributed by atoms with Gasteiger partial charge in [0.1, 0.15) is 0 Å². The summed E-state index contributed by atoms with van der Waals surface area (Å²) >= 11 is 6.56. The van der Waals surface area contributed by atoms with Crippen LogP contribution in [0.15, 0.2) is 66.9 Å². The zero-order valence-electron chi connectivity index (χ0n) is 14.8. The Balaban J connectivity index is 1.71. The summed E-state index contributed by atoms with van der Waals surface area (Å²) in [6.07, 6.45) is 3.16. The molecule has 0 amide bonds. The first kappa shape index (κ1) is 17.8. The molecule has 0 radical (unpaired) electrons. The summed E-state index contributed by atoms with van der Waals surface area (Å²) in [6.45, 7) is 2.60. The van der Waals surface area contributed by atoms with Gasteiger partial charge >= 0.3 is 0 Å². The van der Waals surface area contributed by atoms with Crippen LogP contribution in [0.5, 0.6) is 0 Å². The lowest BCUT2D eigenvalue weighted by atomic mass is 10.0. The van der Waals surface area contributed by atoms with E-state index in [2.05, 4.69) is 33.9 Å². The van der Waals surface area contributed by atoms with E-state index in [9.17, 15) is 10.1 Å². The standard InChI is InChI=1S/C21H20ClN3O2/c22-19-6-2-1-5-18(19)21-20-7-3-12-23(20)13-4-14-24(21)15-16-8-10-17(11-9-16)25(26)27/h1-3,5-12,21H,4,13-15H2. The molecule has 0 bridgehead atoms. The number of hydrogen-bond acceptors (Lipinski definition) is 3. The number of benzene rings is 2. The van der Waals surface area contributed by atoms with Gasteiger partial charge in [0.25, 0.3) is 5.69 Å². The molecule has 4 rings (SSSR count). The van der Waals surface area contributed by atoms with E-state index in [-0.39, 0.29) is 16.7 Å². The van der Waals surface area contributed by atoms with E-state index >= 15 is 0 Å². The van der Waals surface area contributed by atoms with E-state index < -0.39 is 0 Å². The number of nitrogens with zero attached hydrogens (tertiary/aromatic N) is 3. The molecule has 1 aliphatic heterocycles. The van der Waals surface area contributed by atoms with E-state index in [0.717, 1.165) is 35.7 Å². The Morgan fingerprint density at radius 3 is 2.56 bits per heavy atom. The fourth-order valence-electron chi connectivity index (χ4n) is 3.82. The maximum atomic E-state index is 10.9. The molecule has 2 aromatic carbocycles. The van der Waals surface area contributed by atoms with Crippen LogP contribution in [0.3, 0.4) is 0 Å². The van der Waals surface area contributed by atoms with Gasteiger partial charge in [-0.15, -0.1) is 0 Å². The van der Waals surface area contributed by atoms with Gasteiger partial charge in [-0.25, -0.2) is 0 Å². The Bertz CT molecular complexity index is 952. The van der Waals surface area contributed by atoms with Gasteiger partial charge in [-0.05, 0) is 35.7 Å². The van der Waals surface area contributed by atoms with Crippen molar-refractivity contribution in [2.24, 2.45) is 0 Å². The molecule has 0 fully saturated rings. The minimum Gasteiger partial charge on any atom is -0.350 e. The van der Waals surface area contributed by atoms with Crippen LogP contribution in [0, 0.1) is 10.1 Å². The molecular formula is C21H20ClN3O2. The van der Waals surface area contributed by atoms with Crippen molar-refractivity contribution in [3.8, 4) is 0 Å². The molecule has 27 heavy (non-hydrogen) atoms.